The Morgan fingerprint density at radius 1 is 0.941 bits per heavy atom. The fourth-order valence-corrected chi connectivity index (χ4v) is 9.38. The lowest BCUT2D eigenvalue weighted by Gasteiger charge is -2.67. The highest BCUT2D eigenvalue weighted by molar-refractivity contribution is 5.88. The SMILES string of the molecule is COc1cc(/C=C/C(=O)O[C@H]2CC[C@@]3(C)C(=CC[C@]4(O)C3C[C@@H](OC(=O)/C=C(\C)C(C)C)[C@@]3(C)[C@]4(O)CC[C@@]3(O)C(C)=O)C2)ccc1OC(C)=O. The maximum Gasteiger partial charge on any atom is 0.331 e. The fraction of sp³-hybridized carbons (Fsp3) is 0.600. The van der Waals surface area contributed by atoms with Crippen molar-refractivity contribution in [3.05, 3.63) is 53.1 Å². The molecule has 11 heteroatoms. The predicted octanol–water partition coefficient (Wildman–Crippen LogP) is 5.18. The van der Waals surface area contributed by atoms with Crippen molar-refractivity contribution in [1.82, 2.24) is 0 Å². The number of methoxy groups -OCH3 is 1. The zero-order chi connectivity index (χ0) is 37.7. The highest BCUT2D eigenvalue weighted by atomic mass is 16.6. The van der Waals surface area contributed by atoms with Crippen molar-refractivity contribution in [2.45, 2.75) is 122 Å². The summed E-state index contributed by atoms with van der Waals surface area (Å²) in [5.74, 6) is -2.08. The van der Waals surface area contributed by atoms with Crippen molar-refractivity contribution in [3.63, 3.8) is 0 Å². The molecule has 1 unspecified atom stereocenters. The van der Waals surface area contributed by atoms with Gasteiger partial charge in [-0.15, -0.1) is 0 Å². The molecule has 0 spiro atoms. The van der Waals surface area contributed by atoms with E-state index in [1.54, 1.807) is 31.2 Å². The highest BCUT2D eigenvalue weighted by Gasteiger charge is 2.81. The van der Waals surface area contributed by atoms with E-state index in [1.807, 2.05) is 33.8 Å². The van der Waals surface area contributed by atoms with Crippen LogP contribution in [0.4, 0.5) is 0 Å². The summed E-state index contributed by atoms with van der Waals surface area (Å²) in [4.78, 5) is 50.7. The molecule has 3 N–H and O–H groups in total. The quantitative estimate of drug-likeness (QED) is 0.134. The minimum atomic E-state index is -2.02. The average molecular weight is 709 g/mol. The van der Waals surface area contributed by atoms with Gasteiger partial charge in [0.05, 0.1) is 12.5 Å². The molecule has 0 bridgehead atoms. The molecule has 1 aromatic rings. The normalized spacial score (nSPS) is 36.0. The Morgan fingerprint density at radius 3 is 2.27 bits per heavy atom. The molecule has 0 aromatic heterocycles. The van der Waals surface area contributed by atoms with Gasteiger partial charge >= 0.3 is 17.9 Å². The summed E-state index contributed by atoms with van der Waals surface area (Å²) in [5.41, 5.74) is -5.63. The van der Waals surface area contributed by atoms with E-state index in [-0.39, 0.29) is 37.4 Å². The van der Waals surface area contributed by atoms with E-state index in [4.69, 9.17) is 18.9 Å². The molecule has 0 amide bonds. The van der Waals surface area contributed by atoms with E-state index < -0.39 is 69.5 Å². The number of benzene rings is 1. The van der Waals surface area contributed by atoms with E-state index >= 15 is 0 Å². The van der Waals surface area contributed by atoms with Crippen LogP contribution in [0.3, 0.4) is 0 Å². The van der Waals surface area contributed by atoms with Gasteiger partial charge in [0.15, 0.2) is 17.3 Å². The lowest BCUT2D eigenvalue weighted by Crippen LogP contribution is -2.78. The Bertz CT molecular complexity index is 1690. The minimum Gasteiger partial charge on any atom is -0.493 e. The third-order valence-electron chi connectivity index (χ3n) is 12.8. The first-order valence-electron chi connectivity index (χ1n) is 17.8. The standard InChI is InChI=1S/C40H52O11/c1-23(2)24(3)19-35(44)51-33-22-32-36(6)15-14-29(50-34(43)12-10-27-9-11-30(49-26(5)42)31(20-27)48-8)21-28(36)13-16-39(32,46)40(47)18-17-38(45,25(4)41)37(33,40)7/h9-13,19-20,23,29,32-33,45-47H,14-18,21-22H2,1-8H3/b12-10+,24-19+/t29-,32?,33+,36-,37+,38+,39-,40+/m0/s1. The molecule has 0 saturated heterocycles. The minimum absolute atomic E-state index is 0.0499. The summed E-state index contributed by atoms with van der Waals surface area (Å²) in [6.07, 6.45) is 6.17. The van der Waals surface area contributed by atoms with E-state index in [2.05, 4.69) is 0 Å². The largest absolute Gasteiger partial charge is 0.493 e. The first-order chi connectivity index (χ1) is 23.8. The Labute approximate surface area is 299 Å². The number of allylic oxidation sites excluding steroid dienone is 1. The molecule has 0 heterocycles. The van der Waals surface area contributed by atoms with E-state index in [9.17, 15) is 34.5 Å². The highest BCUT2D eigenvalue weighted by Crippen LogP contribution is 2.71. The van der Waals surface area contributed by atoms with Crippen LogP contribution in [-0.2, 0) is 28.7 Å². The summed E-state index contributed by atoms with van der Waals surface area (Å²) >= 11 is 0. The van der Waals surface area contributed by atoms with Crippen LogP contribution in [0, 0.1) is 22.7 Å². The third-order valence-corrected chi connectivity index (χ3v) is 12.8. The van der Waals surface area contributed by atoms with Gasteiger partial charge < -0.3 is 34.3 Å². The van der Waals surface area contributed by atoms with Gasteiger partial charge in [-0.05, 0) is 94.4 Å². The summed E-state index contributed by atoms with van der Waals surface area (Å²) in [6.45, 7) is 11.9. The van der Waals surface area contributed by atoms with Crippen molar-refractivity contribution >= 4 is 29.8 Å². The molecular weight excluding hydrogens is 656 g/mol. The average Bonchev–Trinajstić information content (AvgIpc) is 3.29. The van der Waals surface area contributed by atoms with Gasteiger partial charge in [-0.25, -0.2) is 9.59 Å². The molecule has 278 valence electrons. The second kappa shape index (κ2) is 13.6. The first kappa shape index (κ1) is 38.4. The van der Waals surface area contributed by atoms with Gasteiger partial charge in [0.25, 0.3) is 0 Å². The lowest BCUT2D eigenvalue weighted by atomic mass is 9.42. The monoisotopic (exact) mass is 708 g/mol. The van der Waals surface area contributed by atoms with E-state index in [0.29, 0.717) is 30.6 Å². The number of carbonyl (C=O) groups excluding carboxylic acids is 4. The number of ketones is 1. The van der Waals surface area contributed by atoms with Crippen LogP contribution in [0.2, 0.25) is 0 Å². The summed E-state index contributed by atoms with van der Waals surface area (Å²) < 4.78 is 22.4. The number of Topliss-reactive ketones (excluding diaryl/α,β-unsaturated/α-hetero) is 1. The molecule has 1 aromatic carbocycles. The van der Waals surface area contributed by atoms with Crippen LogP contribution in [0.15, 0.2) is 47.6 Å². The van der Waals surface area contributed by atoms with Crippen LogP contribution in [0.1, 0.15) is 99.0 Å². The number of hydrogen-bond acceptors (Lipinski definition) is 11. The number of esters is 3. The summed E-state index contributed by atoms with van der Waals surface area (Å²) in [7, 11) is 1.45. The second-order valence-corrected chi connectivity index (χ2v) is 15.7. The molecular formula is C40H52O11. The number of hydrogen-bond donors (Lipinski definition) is 3. The van der Waals surface area contributed by atoms with Crippen molar-refractivity contribution in [2.75, 3.05) is 7.11 Å². The molecule has 5 rings (SSSR count). The molecule has 0 radical (unpaired) electrons. The fourth-order valence-electron chi connectivity index (χ4n) is 9.38. The van der Waals surface area contributed by atoms with Gasteiger partial charge in [0.1, 0.15) is 29.0 Å². The zero-order valence-electron chi connectivity index (χ0n) is 30.9. The van der Waals surface area contributed by atoms with E-state index in [1.165, 1.54) is 33.1 Å². The van der Waals surface area contributed by atoms with Crippen molar-refractivity contribution < 1.29 is 53.4 Å². The number of fused-ring (bicyclic) bond motifs is 5. The topological polar surface area (TPSA) is 166 Å². The van der Waals surface area contributed by atoms with Crippen LogP contribution < -0.4 is 9.47 Å². The van der Waals surface area contributed by atoms with Gasteiger partial charge in [-0.1, -0.05) is 44.1 Å². The Morgan fingerprint density at radius 2 is 1.65 bits per heavy atom. The summed E-state index contributed by atoms with van der Waals surface area (Å²) in [5, 5.41) is 37.3. The van der Waals surface area contributed by atoms with Crippen LogP contribution in [0.25, 0.3) is 6.08 Å². The zero-order valence-corrected chi connectivity index (χ0v) is 30.9. The Hall–Kier alpha value is -3.80. The molecule has 4 aliphatic rings. The van der Waals surface area contributed by atoms with Gasteiger partial charge in [0, 0.05) is 31.4 Å². The molecule has 51 heavy (non-hydrogen) atoms. The van der Waals surface area contributed by atoms with Gasteiger partial charge in [-0.2, -0.15) is 0 Å². The number of rotatable bonds is 9. The Balaban J connectivity index is 1.39. The smallest absolute Gasteiger partial charge is 0.331 e. The third kappa shape index (κ3) is 6.25. The lowest BCUT2D eigenvalue weighted by molar-refractivity contribution is -0.314. The van der Waals surface area contributed by atoms with Crippen molar-refractivity contribution in [3.8, 4) is 11.5 Å². The van der Waals surface area contributed by atoms with Crippen molar-refractivity contribution in [1.29, 1.82) is 0 Å². The molecule has 4 aliphatic carbocycles. The van der Waals surface area contributed by atoms with Crippen LogP contribution in [0.5, 0.6) is 11.5 Å². The molecule has 0 aliphatic heterocycles. The number of aliphatic hydroxyl groups is 3. The van der Waals surface area contributed by atoms with Crippen LogP contribution >= 0.6 is 0 Å². The number of carbonyl (C=O) groups is 4. The van der Waals surface area contributed by atoms with E-state index in [0.717, 1.165) is 11.1 Å². The van der Waals surface area contributed by atoms with Gasteiger partial charge in [0.2, 0.25) is 0 Å². The Kier molecular flexibility index (Phi) is 10.3. The molecule has 3 fully saturated rings. The first-order valence-corrected chi connectivity index (χ1v) is 17.8. The molecule has 11 nitrogen and oxygen atoms in total. The van der Waals surface area contributed by atoms with Gasteiger partial charge in [-0.3, -0.25) is 9.59 Å². The second-order valence-electron chi connectivity index (χ2n) is 15.7. The molecule has 8 atom stereocenters. The van der Waals surface area contributed by atoms with Crippen LogP contribution in [-0.4, -0.2) is 75.1 Å². The predicted molar refractivity (Wildman–Crippen MR) is 187 cm³/mol. The maximum atomic E-state index is 13.3. The maximum absolute atomic E-state index is 13.3. The molecule has 3 saturated carbocycles. The summed E-state index contributed by atoms with van der Waals surface area (Å²) in [6, 6.07) is 4.90. The number of ether oxygens (including phenoxy) is 4. The van der Waals surface area contributed by atoms with Crippen molar-refractivity contribution in [2.24, 2.45) is 22.7 Å².